The maximum absolute atomic E-state index is 3.49. The zero-order chi connectivity index (χ0) is 4.83. The normalized spacial score (nSPS) is 7.33. The molecular formula is C4H6S2. The van der Waals surface area contributed by atoms with E-state index in [2.05, 4.69) is 13.2 Å². The Balaban J connectivity index is 2.66. The van der Waals surface area contributed by atoms with Gasteiger partial charge in [0.1, 0.15) is 0 Å². The Hall–Kier alpha value is 0.180. The third-order valence-corrected chi connectivity index (χ3v) is 1.72. The van der Waals surface area contributed by atoms with Crippen LogP contribution in [0.1, 0.15) is 0 Å². The third-order valence-electron chi connectivity index (χ3n) is 0.192. The summed E-state index contributed by atoms with van der Waals surface area (Å²) in [7, 11) is 3.14. The lowest BCUT2D eigenvalue weighted by Crippen LogP contribution is -1.28. The molecule has 2 heteroatoms. The van der Waals surface area contributed by atoms with Crippen molar-refractivity contribution >= 4 is 21.6 Å². The van der Waals surface area contributed by atoms with Gasteiger partial charge in [-0.05, 0) is 10.8 Å². The SMILES string of the molecule is C=CSSC=C. The van der Waals surface area contributed by atoms with Gasteiger partial charge >= 0.3 is 0 Å². The van der Waals surface area contributed by atoms with Crippen molar-refractivity contribution in [2.24, 2.45) is 0 Å². The van der Waals surface area contributed by atoms with E-state index < -0.39 is 0 Å². The first-order valence-corrected chi connectivity index (χ1v) is 3.73. The lowest BCUT2D eigenvalue weighted by molar-refractivity contribution is 2.67. The van der Waals surface area contributed by atoms with Gasteiger partial charge in [-0.15, -0.1) is 0 Å². The predicted molar refractivity (Wildman–Crippen MR) is 35.6 cm³/mol. The van der Waals surface area contributed by atoms with Gasteiger partial charge in [0.2, 0.25) is 0 Å². The molecule has 0 saturated carbocycles. The van der Waals surface area contributed by atoms with E-state index in [1.54, 1.807) is 32.4 Å². The maximum Gasteiger partial charge on any atom is -0.0250 e. The summed E-state index contributed by atoms with van der Waals surface area (Å²) < 4.78 is 0. The molecule has 0 aliphatic heterocycles. The summed E-state index contributed by atoms with van der Waals surface area (Å²) >= 11 is 0. The van der Waals surface area contributed by atoms with Gasteiger partial charge in [0.05, 0.1) is 0 Å². The Kier molecular flexibility index (Phi) is 5.34. The highest BCUT2D eigenvalue weighted by atomic mass is 33.1. The van der Waals surface area contributed by atoms with E-state index >= 15 is 0 Å². The Labute approximate surface area is 46.1 Å². The molecule has 0 rings (SSSR count). The number of hydrogen-bond acceptors (Lipinski definition) is 2. The van der Waals surface area contributed by atoms with Crippen LogP contribution >= 0.6 is 21.6 Å². The van der Waals surface area contributed by atoms with Crippen molar-refractivity contribution in [2.45, 2.75) is 0 Å². The maximum atomic E-state index is 3.49. The molecule has 0 heterocycles. The summed E-state index contributed by atoms with van der Waals surface area (Å²) in [5, 5.41) is 3.54. The predicted octanol–water partition coefficient (Wildman–Crippen LogP) is 2.65. The Morgan fingerprint density at radius 2 is 1.33 bits per heavy atom. The van der Waals surface area contributed by atoms with Crippen LogP contribution < -0.4 is 0 Å². The third kappa shape index (κ3) is 4.18. The van der Waals surface area contributed by atoms with Crippen molar-refractivity contribution in [3.05, 3.63) is 24.0 Å². The molecule has 0 fully saturated rings. The van der Waals surface area contributed by atoms with Crippen LogP contribution in [0.2, 0.25) is 0 Å². The summed E-state index contributed by atoms with van der Waals surface area (Å²) in [6.45, 7) is 6.99. The van der Waals surface area contributed by atoms with Crippen LogP contribution in [-0.4, -0.2) is 0 Å². The standard InChI is InChI=1S/C4H6S2/c1-3-5-6-4-2/h3-4H,1-2H2. The first-order chi connectivity index (χ1) is 2.91. The zero-order valence-corrected chi connectivity index (χ0v) is 5.02. The van der Waals surface area contributed by atoms with Gasteiger partial charge in [-0.25, -0.2) is 0 Å². The second kappa shape index (κ2) is 5.18. The van der Waals surface area contributed by atoms with Crippen LogP contribution in [-0.2, 0) is 0 Å². The van der Waals surface area contributed by atoms with E-state index in [1.807, 2.05) is 0 Å². The van der Waals surface area contributed by atoms with E-state index in [9.17, 15) is 0 Å². The molecule has 0 bridgehead atoms. The van der Waals surface area contributed by atoms with Crippen LogP contribution in [0.15, 0.2) is 24.0 Å². The van der Waals surface area contributed by atoms with E-state index in [4.69, 9.17) is 0 Å². The average molecular weight is 118 g/mol. The van der Waals surface area contributed by atoms with Gasteiger partial charge < -0.3 is 0 Å². The average Bonchev–Trinajstić information content (AvgIpc) is 1.61. The monoisotopic (exact) mass is 118 g/mol. The van der Waals surface area contributed by atoms with Gasteiger partial charge in [-0.1, -0.05) is 34.7 Å². The van der Waals surface area contributed by atoms with Gasteiger partial charge in [-0.2, -0.15) is 0 Å². The van der Waals surface area contributed by atoms with Gasteiger partial charge in [-0.3, -0.25) is 0 Å². The second-order valence-electron chi connectivity index (χ2n) is 0.526. The molecule has 0 aromatic heterocycles. The molecule has 0 unspecified atom stereocenters. The van der Waals surface area contributed by atoms with Crippen molar-refractivity contribution in [3.63, 3.8) is 0 Å². The smallest absolute Gasteiger partial charge is 0.0250 e. The molecular weight excluding hydrogens is 112 g/mol. The molecule has 0 aromatic rings. The van der Waals surface area contributed by atoms with Crippen molar-refractivity contribution < 1.29 is 0 Å². The van der Waals surface area contributed by atoms with Gasteiger partial charge in [0.25, 0.3) is 0 Å². The molecule has 0 atom stereocenters. The molecule has 0 N–H and O–H groups in total. The fourth-order valence-corrected chi connectivity index (χ4v) is 0.707. The molecule has 0 spiro atoms. The molecule has 34 valence electrons. The van der Waals surface area contributed by atoms with E-state index in [0.29, 0.717) is 0 Å². The van der Waals surface area contributed by atoms with Crippen LogP contribution in [0.25, 0.3) is 0 Å². The van der Waals surface area contributed by atoms with Crippen LogP contribution in [0.3, 0.4) is 0 Å². The van der Waals surface area contributed by atoms with E-state index in [0.717, 1.165) is 0 Å². The molecule has 0 aromatic carbocycles. The van der Waals surface area contributed by atoms with Crippen molar-refractivity contribution in [1.82, 2.24) is 0 Å². The minimum atomic E-state index is 1.57. The highest BCUT2D eigenvalue weighted by Crippen LogP contribution is 2.20. The molecule has 0 aliphatic carbocycles. The van der Waals surface area contributed by atoms with Crippen LogP contribution in [0.5, 0.6) is 0 Å². The summed E-state index contributed by atoms with van der Waals surface area (Å²) in [5.41, 5.74) is 0. The van der Waals surface area contributed by atoms with Crippen molar-refractivity contribution in [1.29, 1.82) is 0 Å². The summed E-state index contributed by atoms with van der Waals surface area (Å²) in [6.07, 6.45) is 0. The van der Waals surface area contributed by atoms with Crippen molar-refractivity contribution in [2.75, 3.05) is 0 Å². The number of hydrogen-bond donors (Lipinski definition) is 0. The Morgan fingerprint density at radius 1 is 1.00 bits per heavy atom. The van der Waals surface area contributed by atoms with Crippen LogP contribution in [0.4, 0.5) is 0 Å². The van der Waals surface area contributed by atoms with Gasteiger partial charge in [0.15, 0.2) is 0 Å². The quantitative estimate of drug-likeness (QED) is 0.413. The second-order valence-corrected chi connectivity index (χ2v) is 2.73. The molecule has 6 heavy (non-hydrogen) atoms. The number of rotatable bonds is 3. The molecule has 0 amide bonds. The zero-order valence-electron chi connectivity index (χ0n) is 3.39. The lowest BCUT2D eigenvalue weighted by Gasteiger charge is -1.76. The topological polar surface area (TPSA) is 0 Å². The lowest BCUT2D eigenvalue weighted by atomic mass is 11.3. The van der Waals surface area contributed by atoms with E-state index in [-0.39, 0.29) is 0 Å². The Bertz CT molecular complexity index is 41.5. The summed E-state index contributed by atoms with van der Waals surface area (Å²) in [5.74, 6) is 0. The minimum absolute atomic E-state index is 1.57. The fourth-order valence-electron chi connectivity index (χ4n) is 0.0786. The van der Waals surface area contributed by atoms with E-state index in [1.165, 1.54) is 0 Å². The first kappa shape index (κ1) is 6.18. The summed E-state index contributed by atoms with van der Waals surface area (Å²) in [4.78, 5) is 0. The molecule has 0 radical (unpaired) electrons. The largest absolute Gasteiger partial charge is 0.0918 e. The van der Waals surface area contributed by atoms with Crippen molar-refractivity contribution in [3.8, 4) is 0 Å². The van der Waals surface area contributed by atoms with Gasteiger partial charge in [0, 0.05) is 0 Å². The fraction of sp³-hybridized carbons (Fsp3) is 0. The molecule has 0 nitrogen and oxygen atoms in total. The molecule has 0 saturated heterocycles. The first-order valence-electron chi connectivity index (χ1n) is 1.45. The highest BCUT2D eigenvalue weighted by molar-refractivity contribution is 8.78. The Morgan fingerprint density at radius 3 is 1.50 bits per heavy atom. The highest BCUT2D eigenvalue weighted by Gasteiger charge is 1.66. The molecule has 0 aliphatic rings. The van der Waals surface area contributed by atoms with Crippen LogP contribution in [0, 0.1) is 0 Å². The minimum Gasteiger partial charge on any atom is -0.0918 e. The summed E-state index contributed by atoms with van der Waals surface area (Å²) in [6, 6.07) is 0.